The summed E-state index contributed by atoms with van der Waals surface area (Å²) in [6.45, 7) is 0.910. The zero-order chi connectivity index (χ0) is 22.6. The number of alkyl halides is 3. The van der Waals surface area contributed by atoms with Crippen LogP contribution in [0.15, 0.2) is 47.4 Å². The van der Waals surface area contributed by atoms with Crippen molar-refractivity contribution < 1.29 is 27.2 Å². The fraction of sp³-hybridized carbons (Fsp3) is 0.350. The molecule has 0 spiro atoms. The number of carbonyl (C=O) groups is 2. The molecule has 2 aromatic rings. The van der Waals surface area contributed by atoms with Crippen LogP contribution in [0, 0.1) is 5.82 Å². The van der Waals surface area contributed by atoms with Crippen LogP contribution in [0.25, 0.3) is 0 Å². The molecule has 3 rings (SSSR count). The molecule has 2 heterocycles. The van der Waals surface area contributed by atoms with Crippen molar-refractivity contribution in [1.82, 2.24) is 14.4 Å². The molecule has 1 aliphatic rings. The molecular formula is C20H20F4N4O3. The molecular weight excluding hydrogens is 420 g/mol. The fourth-order valence-electron chi connectivity index (χ4n) is 3.16. The number of hydrogen-bond donors (Lipinski definition) is 1. The van der Waals surface area contributed by atoms with Gasteiger partial charge >= 0.3 is 6.18 Å². The highest BCUT2D eigenvalue weighted by atomic mass is 19.4. The third kappa shape index (κ3) is 6.14. The summed E-state index contributed by atoms with van der Waals surface area (Å²) in [6, 6.07) is 6.82. The summed E-state index contributed by atoms with van der Waals surface area (Å²) in [5.74, 6) is -1.18. The Kier molecular flexibility index (Phi) is 6.74. The van der Waals surface area contributed by atoms with Gasteiger partial charge in [0.05, 0.1) is 12.1 Å². The van der Waals surface area contributed by atoms with E-state index in [0.29, 0.717) is 31.0 Å². The number of aromatic nitrogens is 1. The van der Waals surface area contributed by atoms with Crippen molar-refractivity contribution in [2.45, 2.75) is 12.7 Å². The van der Waals surface area contributed by atoms with Gasteiger partial charge in [-0.3, -0.25) is 19.3 Å². The summed E-state index contributed by atoms with van der Waals surface area (Å²) >= 11 is 0. The van der Waals surface area contributed by atoms with Gasteiger partial charge in [0, 0.05) is 44.1 Å². The van der Waals surface area contributed by atoms with Gasteiger partial charge in [0.25, 0.3) is 5.56 Å². The minimum absolute atomic E-state index is 0.0759. The average Bonchev–Trinajstić information content (AvgIpc) is 2.71. The summed E-state index contributed by atoms with van der Waals surface area (Å²) in [7, 11) is 0. The minimum atomic E-state index is -4.61. The van der Waals surface area contributed by atoms with Gasteiger partial charge in [0.1, 0.15) is 12.4 Å². The summed E-state index contributed by atoms with van der Waals surface area (Å²) in [4.78, 5) is 39.6. The van der Waals surface area contributed by atoms with E-state index in [4.69, 9.17) is 0 Å². The van der Waals surface area contributed by atoms with Gasteiger partial charge < -0.3 is 14.8 Å². The lowest BCUT2D eigenvalue weighted by Gasteiger charge is -2.34. The molecule has 0 atom stereocenters. The van der Waals surface area contributed by atoms with Gasteiger partial charge in [0.15, 0.2) is 0 Å². The summed E-state index contributed by atoms with van der Waals surface area (Å²) in [5, 5.41) is 2.65. The lowest BCUT2D eigenvalue weighted by molar-refractivity contribution is -0.139. The Balaban J connectivity index is 1.50. The maximum absolute atomic E-state index is 12.9. The second kappa shape index (κ2) is 9.29. The Hall–Kier alpha value is -3.21. The highest BCUT2D eigenvalue weighted by Crippen LogP contribution is 2.28. The van der Waals surface area contributed by atoms with E-state index >= 15 is 0 Å². The third-order valence-electron chi connectivity index (χ3n) is 4.84. The first-order valence-corrected chi connectivity index (χ1v) is 9.45. The maximum Gasteiger partial charge on any atom is 0.417 e. The van der Waals surface area contributed by atoms with E-state index in [2.05, 4.69) is 5.32 Å². The molecule has 1 saturated heterocycles. The van der Waals surface area contributed by atoms with Crippen LogP contribution in [0.5, 0.6) is 0 Å². The Morgan fingerprint density at radius 3 is 2.19 bits per heavy atom. The third-order valence-corrected chi connectivity index (χ3v) is 4.84. The second-order valence-electron chi connectivity index (χ2n) is 7.09. The van der Waals surface area contributed by atoms with Gasteiger partial charge in [0.2, 0.25) is 11.8 Å². The van der Waals surface area contributed by atoms with Crippen LogP contribution in [0.3, 0.4) is 0 Å². The van der Waals surface area contributed by atoms with Gasteiger partial charge in [-0.25, -0.2) is 4.39 Å². The average molecular weight is 440 g/mol. The lowest BCUT2D eigenvalue weighted by Crippen LogP contribution is -2.51. The molecule has 0 unspecified atom stereocenters. The number of piperazine rings is 1. The Labute approximate surface area is 174 Å². The molecule has 1 fully saturated rings. The molecule has 2 amide bonds. The first-order chi connectivity index (χ1) is 14.6. The van der Waals surface area contributed by atoms with Gasteiger partial charge in [-0.15, -0.1) is 0 Å². The van der Waals surface area contributed by atoms with E-state index in [9.17, 15) is 31.9 Å². The quantitative estimate of drug-likeness (QED) is 0.720. The largest absolute Gasteiger partial charge is 0.417 e. The van der Waals surface area contributed by atoms with Crippen molar-refractivity contribution in [2.24, 2.45) is 0 Å². The first kappa shape index (κ1) is 22.5. The van der Waals surface area contributed by atoms with Crippen molar-refractivity contribution in [3.63, 3.8) is 0 Å². The fourth-order valence-corrected chi connectivity index (χ4v) is 3.16. The molecule has 0 radical (unpaired) electrons. The standard InChI is InChI=1S/C20H20F4N4O3/c21-15-2-4-16(5-3-15)25-17(29)12-26-7-9-27(10-8-26)19(31)13-28-11-14(20(22,23)24)1-6-18(28)30/h1-6,11H,7-10,12-13H2,(H,25,29). The van der Waals surface area contributed by atoms with Crippen LogP contribution in [0.1, 0.15) is 5.56 Å². The predicted molar refractivity (Wildman–Crippen MR) is 104 cm³/mol. The molecule has 1 N–H and O–H groups in total. The number of nitrogens with zero attached hydrogens (tertiary/aromatic N) is 3. The van der Waals surface area contributed by atoms with Crippen LogP contribution in [-0.4, -0.2) is 58.9 Å². The highest BCUT2D eigenvalue weighted by molar-refractivity contribution is 5.92. The number of amides is 2. The number of nitrogens with one attached hydrogen (secondary N) is 1. The normalized spacial score (nSPS) is 15.0. The predicted octanol–water partition coefficient (Wildman–Crippen LogP) is 1.79. The molecule has 0 bridgehead atoms. The molecule has 1 aromatic carbocycles. The molecule has 166 valence electrons. The Morgan fingerprint density at radius 1 is 0.935 bits per heavy atom. The number of pyridine rings is 1. The van der Waals surface area contributed by atoms with Crippen molar-refractivity contribution in [3.8, 4) is 0 Å². The number of benzene rings is 1. The molecule has 31 heavy (non-hydrogen) atoms. The monoisotopic (exact) mass is 440 g/mol. The van der Waals surface area contributed by atoms with Crippen molar-refractivity contribution in [2.75, 3.05) is 38.0 Å². The van der Waals surface area contributed by atoms with E-state index in [1.165, 1.54) is 29.2 Å². The molecule has 7 nitrogen and oxygen atoms in total. The van der Waals surface area contributed by atoms with E-state index in [0.717, 1.165) is 10.6 Å². The molecule has 11 heteroatoms. The number of rotatable bonds is 5. The lowest BCUT2D eigenvalue weighted by atomic mass is 10.2. The van der Waals surface area contributed by atoms with Crippen LogP contribution in [0.2, 0.25) is 0 Å². The number of hydrogen-bond acceptors (Lipinski definition) is 4. The zero-order valence-electron chi connectivity index (χ0n) is 16.4. The number of carbonyl (C=O) groups excluding carboxylic acids is 2. The second-order valence-corrected chi connectivity index (χ2v) is 7.09. The maximum atomic E-state index is 12.9. The van der Waals surface area contributed by atoms with Crippen LogP contribution in [0.4, 0.5) is 23.2 Å². The Morgan fingerprint density at radius 2 is 1.58 bits per heavy atom. The first-order valence-electron chi connectivity index (χ1n) is 9.45. The molecule has 1 aromatic heterocycles. The van der Waals surface area contributed by atoms with E-state index < -0.39 is 35.6 Å². The van der Waals surface area contributed by atoms with Gasteiger partial charge in [-0.2, -0.15) is 13.2 Å². The van der Waals surface area contributed by atoms with Crippen molar-refractivity contribution in [3.05, 3.63) is 64.3 Å². The SMILES string of the molecule is O=C(CN1CCN(C(=O)Cn2cc(C(F)(F)F)ccc2=O)CC1)Nc1ccc(F)cc1. The Bertz CT molecular complexity index is 997. The molecule has 1 aliphatic heterocycles. The van der Waals surface area contributed by atoms with Crippen LogP contribution >= 0.6 is 0 Å². The smallest absolute Gasteiger partial charge is 0.339 e. The van der Waals surface area contributed by atoms with Crippen molar-refractivity contribution >= 4 is 17.5 Å². The molecule has 0 saturated carbocycles. The number of anilines is 1. The number of halogens is 4. The van der Waals surface area contributed by atoms with Crippen molar-refractivity contribution in [1.29, 1.82) is 0 Å². The van der Waals surface area contributed by atoms with Gasteiger partial charge in [-0.1, -0.05) is 0 Å². The van der Waals surface area contributed by atoms with E-state index in [1.54, 1.807) is 0 Å². The molecule has 0 aliphatic carbocycles. The topological polar surface area (TPSA) is 74.7 Å². The zero-order valence-corrected chi connectivity index (χ0v) is 16.4. The highest BCUT2D eigenvalue weighted by Gasteiger charge is 2.31. The van der Waals surface area contributed by atoms with Crippen LogP contribution in [-0.2, 0) is 22.3 Å². The van der Waals surface area contributed by atoms with E-state index in [1.807, 2.05) is 4.90 Å². The summed E-state index contributed by atoms with van der Waals surface area (Å²) in [5.41, 5.74) is -1.24. The van der Waals surface area contributed by atoms with Crippen LogP contribution < -0.4 is 10.9 Å². The van der Waals surface area contributed by atoms with Gasteiger partial charge in [-0.05, 0) is 30.3 Å². The minimum Gasteiger partial charge on any atom is -0.339 e. The summed E-state index contributed by atoms with van der Waals surface area (Å²) < 4.78 is 52.1. The summed E-state index contributed by atoms with van der Waals surface area (Å²) in [6.07, 6.45) is -3.98. The van der Waals surface area contributed by atoms with E-state index in [-0.39, 0.29) is 25.5 Å².